The van der Waals surface area contributed by atoms with Gasteiger partial charge in [-0.05, 0) is 17.3 Å². The molecule has 3 unspecified atom stereocenters. The molecule has 1 N–H and O–H groups in total. The van der Waals surface area contributed by atoms with E-state index in [1.165, 1.54) is 11.3 Å². The van der Waals surface area contributed by atoms with Gasteiger partial charge in [-0.25, -0.2) is 14.4 Å². The second-order valence-corrected chi connectivity index (χ2v) is 8.36. The van der Waals surface area contributed by atoms with Crippen molar-refractivity contribution in [1.82, 2.24) is 9.88 Å². The first-order valence-electron chi connectivity index (χ1n) is 7.48. The Bertz CT molecular complexity index is 824. The van der Waals surface area contributed by atoms with Gasteiger partial charge in [-0.2, -0.15) is 4.90 Å². The van der Waals surface area contributed by atoms with Crippen molar-refractivity contribution >= 4 is 45.8 Å². The van der Waals surface area contributed by atoms with E-state index in [0.29, 0.717) is 4.47 Å². The summed E-state index contributed by atoms with van der Waals surface area (Å²) >= 11 is 8.96. The van der Waals surface area contributed by atoms with Crippen LogP contribution in [0.2, 0.25) is 4.47 Å². The maximum absolute atomic E-state index is 12.8. The van der Waals surface area contributed by atoms with Crippen LogP contribution >= 0.6 is 34.7 Å². The molecule has 2 aliphatic heterocycles. The van der Waals surface area contributed by atoms with Gasteiger partial charge >= 0.3 is 11.1 Å². The minimum Gasteiger partial charge on any atom is -0.354 e. The van der Waals surface area contributed by atoms with Crippen LogP contribution in [0.4, 0.5) is 0 Å². The molecule has 0 saturated carbocycles. The Hall–Kier alpha value is -1.41. The molecular weight excluding hydrogens is 366 g/mol. The number of thioether (sulfide) groups is 1. The average Bonchev–Trinajstić information content (AvgIpc) is 3.20. The van der Waals surface area contributed by atoms with Crippen LogP contribution in [-0.4, -0.2) is 49.7 Å². The van der Waals surface area contributed by atoms with Crippen molar-refractivity contribution in [3.63, 3.8) is 0 Å². The summed E-state index contributed by atoms with van der Waals surface area (Å²) in [4.78, 5) is 19.6. The lowest BCUT2D eigenvalue weighted by molar-refractivity contribution is -0.644. The highest BCUT2D eigenvalue weighted by atomic mass is 35.5. The van der Waals surface area contributed by atoms with Crippen LogP contribution in [-0.2, 0) is 4.79 Å². The Morgan fingerprint density at radius 3 is 2.79 bits per heavy atom. The van der Waals surface area contributed by atoms with Crippen molar-refractivity contribution in [3.8, 4) is 0 Å². The molecule has 0 aliphatic carbocycles. The van der Waals surface area contributed by atoms with Crippen LogP contribution in [0.25, 0.3) is 0 Å². The van der Waals surface area contributed by atoms with Crippen molar-refractivity contribution in [2.75, 3.05) is 12.8 Å². The minimum atomic E-state index is -0.910. The van der Waals surface area contributed by atoms with Gasteiger partial charge in [-0.3, -0.25) is 0 Å². The van der Waals surface area contributed by atoms with E-state index in [0.717, 1.165) is 21.4 Å². The van der Waals surface area contributed by atoms with Crippen LogP contribution in [0.1, 0.15) is 22.4 Å². The van der Waals surface area contributed by atoms with E-state index >= 15 is 0 Å². The summed E-state index contributed by atoms with van der Waals surface area (Å²) in [5, 5.41) is 11.8. The third-order valence-corrected chi connectivity index (χ3v) is 6.82. The highest BCUT2D eigenvalue weighted by Crippen LogP contribution is 2.41. The molecule has 8 heteroatoms. The molecule has 2 aliphatic rings. The molecule has 0 saturated heterocycles. The zero-order valence-electron chi connectivity index (χ0n) is 12.8. The number of hydrogen-bond acceptors (Lipinski definition) is 5. The first-order chi connectivity index (χ1) is 11.6. The molecule has 0 fully saturated rings. The van der Waals surface area contributed by atoms with Gasteiger partial charge < -0.3 is 5.11 Å². The lowest BCUT2D eigenvalue weighted by atomic mass is 9.94. The molecule has 24 heavy (non-hydrogen) atoms. The van der Waals surface area contributed by atoms with Crippen molar-refractivity contribution in [1.29, 1.82) is 0 Å². The zero-order valence-corrected chi connectivity index (χ0v) is 15.2. The number of benzene rings is 1. The molecule has 0 spiro atoms. The van der Waals surface area contributed by atoms with Gasteiger partial charge in [0.25, 0.3) is 0 Å². The zero-order chi connectivity index (χ0) is 16.8. The molecule has 5 nitrogen and oxygen atoms in total. The number of nitrogens with zero attached hydrogens (tertiary/aromatic N) is 3. The van der Waals surface area contributed by atoms with E-state index in [1.54, 1.807) is 29.9 Å². The highest BCUT2D eigenvalue weighted by Gasteiger charge is 2.52. The minimum absolute atomic E-state index is 0.0354. The van der Waals surface area contributed by atoms with Crippen LogP contribution in [0.5, 0.6) is 0 Å². The number of amides is 1. The van der Waals surface area contributed by atoms with Crippen LogP contribution in [0.3, 0.4) is 0 Å². The largest absolute Gasteiger partial charge is 0.354 e. The molecule has 3 atom stereocenters. The molecule has 124 valence electrons. The van der Waals surface area contributed by atoms with E-state index in [9.17, 15) is 9.90 Å². The predicted molar refractivity (Wildman–Crippen MR) is 95.6 cm³/mol. The van der Waals surface area contributed by atoms with E-state index in [2.05, 4.69) is 4.98 Å². The lowest BCUT2D eigenvalue weighted by Crippen LogP contribution is -2.52. The molecule has 1 aromatic heterocycles. The number of amidine groups is 1. The average molecular weight is 381 g/mol. The van der Waals surface area contributed by atoms with Gasteiger partial charge in [0.05, 0.1) is 17.7 Å². The second kappa shape index (κ2) is 6.15. The third kappa shape index (κ3) is 2.47. The number of rotatable bonds is 2. The Morgan fingerprint density at radius 1 is 1.38 bits per heavy atom. The highest BCUT2D eigenvalue weighted by molar-refractivity contribution is 8.13. The molecule has 0 radical (unpaired) electrons. The van der Waals surface area contributed by atoms with Gasteiger partial charge in [0.2, 0.25) is 6.23 Å². The monoisotopic (exact) mass is 380 g/mol. The molecule has 2 aromatic rings. The number of aliphatic hydroxyl groups excluding tert-OH is 1. The number of halogens is 1. The number of aromatic nitrogens is 1. The van der Waals surface area contributed by atoms with E-state index in [1.807, 2.05) is 34.9 Å². The molecule has 3 heterocycles. The SMILES string of the molecule is CN1C(=O)C(c2ccccc2)C(O)[N+]2=C1SCC2c1cnc(Cl)s1. The van der Waals surface area contributed by atoms with Crippen LogP contribution in [0.15, 0.2) is 36.5 Å². The number of hydrogen-bond donors (Lipinski definition) is 1. The van der Waals surface area contributed by atoms with Gasteiger partial charge in [0.1, 0.15) is 6.04 Å². The maximum atomic E-state index is 12.8. The van der Waals surface area contributed by atoms with Gasteiger partial charge in [-0.15, -0.1) is 11.3 Å². The van der Waals surface area contributed by atoms with Crippen molar-refractivity contribution < 1.29 is 14.5 Å². The number of carbonyl (C=O) groups excluding carboxylic acids is 1. The van der Waals surface area contributed by atoms with Gasteiger partial charge in [-0.1, -0.05) is 41.9 Å². The van der Waals surface area contributed by atoms with E-state index in [4.69, 9.17) is 11.6 Å². The predicted octanol–water partition coefficient (Wildman–Crippen LogP) is 2.53. The Labute approximate surface area is 152 Å². The standard InChI is InChI=1S/C16H15ClN3O2S2/c1-19-13(21)12(9-5-3-2-4-6-9)14(22)20-10(8-23-16(19)20)11-7-18-15(17)24-11/h2-7,10,12,14,22H,8H2,1H3/q+1. The van der Waals surface area contributed by atoms with Crippen molar-refractivity contribution in [2.24, 2.45) is 0 Å². The molecule has 1 aromatic carbocycles. The Kier molecular flexibility index (Phi) is 4.12. The number of aliphatic hydroxyl groups is 1. The van der Waals surface area contributed by atoms with Crippen LogP contribution in [0, 0.1) is 0 Å². The second-order valence-electron chi connectivity index (χ2n) is 5.73. The fraction of sp³-hybridized carbons (Fsp3) is 0.312. The topological polar surface area (TPSA) is 56.4 Å². The summed E-state index contributed by atoms with van der Waals surface area (Å²) in [5.41, 5.74) is 0.818. The molecular formula is C16H15ClN3O2S2+. The Morgan fingerprint density at radius 2 is 2.12 bits per heavy atom. The summed E-state index contributed by atoms with van der Waals surface area (Å²) in [6.45, 7) is 0. The van der Waals surface area contributed by atoms with Gasteiger partial charge in [0.15, 0.2) is 10.4 Å². The fourth-order valence-corrected chi connectivity index (χ4v) is 5.69. The molecule has 1 amide bonds. The smallest absolute Gasteiger partial charge is 0.324 e. The number of carbonyl (C=O) groups is 1. The maximum Gasteiger partial charge on any atom is 0.324 e. The summed E-state index contributed by atoms with van der Waals surface area (Å²) in [5.74, 6) is 0.0596. The van der Waals surface area contributed by atoms with Crippen LogP contribution < -0.4 is 0 Å². The van der Waals surface area contributed by atoms with Crippen molar-refractivity contribution in [3.05, 3.63) is 51.4 Å². The summed E-state index contributed by atoms with van der Waals surface area (Å²) in [6.07, 6.45) is 0.842. The third-order valence-electron chi connectivity index (χ3n) is 4.38. The fourth-order valence-electron chi connectivity index (χ4n) is 3.21. The number of likely N-dealkylation sites (N-methyl/N-ethyl adjacent to an activating group) is 1. The van der Waals surface area contributed by atoms with E-state index in [-0.39, 0.29) is 11.9 Å². The number of thiazole rings is 1. The first kappa shape index (κ1) is 16.1. The summed E-state index contributed by atoms with van der Waals surface area (Å²) < 4.78 is 2.41. The van der Waals surface area contributed by atoms with E-state index < -0.39 is 12.1 Å². The first-order valence-corrected chi connectivity index (χ1v) is 9.66. The summed E-state index contributed by atoms with van der Waals surface area (Å²) in [6, 6.07) is 9.39. The quantitative estimate of drug-likeness (QED) is 0.813. The molecule has 4 rings (SSSR count). The van der Waals surface area contributed by atoms with Crippen molar-refractivity contribution in [2.45, 2.75) is 18.2 Å². The van der Waals surface area contributed by atoms with Gasteiger partial charge in [0, 0.05) is 6.20 Å². The normalized spacial score (nSPS) is 26.9. The Balaban J connectivity index is 1.78. The summed E-state index contributed by atoms with van der Waals surface area (Å²) in [7, 11) is 1.77. The lowest BCUT2D eigenvalue weighted by Gasteiger charge is -2.30. The molecule has 0 bridgehead atoms.